The summed E-state index contributed by atoms with van der Waals surface area (Å²) in [4.78, 5) is 65.1. The molecule has 0 aliphatic carbocycles. The van der Waals surface area contributed by atoms with Crippen molar-refractivity contribution in [3.05, 3.63) is 0 Å². The Hall–Kier alpha value is -2.49. The number of hydrogen-bond acceptors (Lipinski definition) is 7. The average molecular weight is 415 g/mol. The van der Waals surface area contributed by atoms with Gasteiger partial charge in [-0.05, 0) is 26.7 Å². The van der Waals surface area contributed by atoms with Crippen LogP contribution in [0.4, 0.5) is 0 Å². The Labute approximate surface area is 170 Å². The van der Waals surface area contributed by atoms with Crippen molar-refractivity contribution < 1.29 is 28.8 Å². The van der Waals surface area contributed by atoms with Crippen molar-refractivity contribution in [1.29, 1.82) is 0 Å². The van der Waals surface area contributed by atoms with Gasteiger partial charge in [-0.1, -0.05) is 6.42 Å². The van der Waals surface area contributed by atoms with Crippen molar-refractivity contribution in [2.24, 2.45) is 0 Å². The van der Waals surface area contributed by atoms with Gasteiger partial charge in [0, 0.05) is 44.4 Å². The predicted molar refractivity (Wildman–Crippen MR) is 102 cm³/mol. The molecule has 2 fully saturated rings. The maximum atomic E-state index is 12.1. The third-order valence-electron chi connectivity index (χ3n) is 5.23. The molecule has 0 aromatic rings. The van der Waals surface area contributed by atoms with E-state index in [-0.39, 0.29) is 50.6 Å². The number of hydroxylamine groups is 2. The molecular weight excluding hydrogens is 385 g/mol. The predicted octanol–water partition coefficient (Wildman–Crippen LogP) is -0.131. The third kappa shape index (κ3) is 7.12. The minimum atomic E-state index is -0.771. The minimum Gasteiger partial charge on any atom is -0.355 e. The summed E-state index contributed by atoms with van der Waals surface area (Å²) in [5.74, 6) is -2.28. The first-order valence-electron chi connectivity index (χ1n) is 10.1. The number of carbonyl (C=O) groups excluding carboxylic acids is 5. The minimum absolute atomic E-state index is 0.0185. The van der Waals surface area contributed by atoms with Crippen LogP contribution in [0.3, 0.4) is 0 Å². The maximum absolute atomic E-state index is 12.1. The quantitative estimate of drug-likeness (QED) is 0.305. The van der Waals surface area contributed by atoms with Gasteiger partial charge >= 0.3 is 5.97 Å². The molecule has 0 saturated carbocycles. The number of rotatable bonds is 9. The van der Waals surface area contributed by atoms with E-state index in [0.717, 1.165) is 12.8 Å². The smallest absolute Gasteiger partial charge is 0.334 e. The summed E-state index contributed by atoms with van der Waals surface area (Å²) in [6.45, 7) is 4.80. The van der Waals surface area contributed by atoms with E-state index < -0.39 is 17.8 Å². The van der Waals surface area contributed by atoms with E-state index in [9.17, 15) is 24.0 Å². The Balaban J connectivity index is 1.56. The summed E-state index contributed by atoms with van der Waals surface area (Å²) in [6, 6.07) is 0.748. The fourth-order valence-electron chi connectivity index (χ4n) is 3.52. The number of imide groups is 1. The Morgan fingerprint density at radius 2 is 1.48 bits per heavy atom. The fraction of sp³-hybridized carbons (Fsp3) is 0.737. The molecule has 0 aromatic carbocycles. The number of hydrogen-bond donors (Lipinski definition) is 2. The van der Waals surface area contributed by atoms with Crippen molar-refractivity contribution in [2.75, 3.05) is 19.6 Å². The van der Waals surface area contributed by atoms with Gasteiger partial charge in [-0.2, -0.15) is 0 Å². The maximum Gasteiger partial charge on any atom is 0.334 e. The Bertz CT molecular complexity index is 627. The van der Waals surface area contributed by atoms with Gasteiger partial charge in [-0.25, -0.2) is 4.79 Å². The molecule has 2 aliphatic rings. The highest BCUT2D eigenvalue weighted by molar-refractivity contribution is 6.01. The highest BCUT2D eigenvalue weighted by Crippen LogP contribution is 2.21. The topological polar surface area (TPSA) is 125 Å². The Kier molecular flexibility index (Phi) is 8.56. The highest BCUT2D eigenvalue weighted by atomic mass is 16.7. The second-order valence-corrected chi connectivity index (χ2v) is 7.55. The van der Waals surface area contributed by atoms with Crippen LogP contribution in [0.2, 0.25) is 0 Å². The molecule has 0 bridgehead atoms. The zero-order valence-electron chi connectivity index (χ0n) is 17.1. The number of nitrogens with zero attached hydrogens (tertiary/aromatic N) is 2. The lowest BCUT2D eigenvalue weighted by Gasteiger charge is -2.38. The normalized spacial score (nSPS) is 22.5. The van der Waals surface area contributed by atoms with Crippen LogP contribution in [0.15, 0.2) is 0 Å². The van der Waals surface area contributed by atoms with Crippen molar-refractivity contribution in [1.82, 2.24) is 20.6 Å². The summed E-state index contributed by atoms with van der Waals surface area (Å²) in [6.07, 6.45) is 3.34. The van der Waals surface area contributed by atoms with E-state index in [1.54, 1.807) is 0 Å². The first-order chi connectivity index (χ1) is 13.8. The molecule has 29 heavy (non-hydrogen) atoms. The molecule has 2 unspecified atom stereocenters. The van der Waals surface area contributed by atoms with Crippen LogP contribution in [0.5, 0.6) is 0 Å². The zero-order chi connectivity index (χ0) is 21.4. The van der Waals surface area contributed by atoms with E-state index in [1.165, 1.54) is 6.42 Å². The molecule has 2 atom stereocenters. The second kappa shape index (κ2) is 10.9. The van der Waals surface area contributed by atoms with Crippen molar-refractivity contribution in [3.63, 3.8) is 0 Å². The molecule has 2 aliphatic heterocycles. The molecule has 0 spiro atoms. The van der Waals surface area contributed by atoms with Crippen molar-refractivity contribution in [3.8, 4) is 0 Å². The molecule has 2 rings (SSSR count). The summed E-state index contributed by atoms with van der Waals surface area (Å²) >= 11 is 0. The molecule has 162 valence electrons. The Morgan fingerprint density at radius 1 is 0.931 bits per heavy atom. The van der Waals surface area contributed by atoms with Crippen LogP contribution < -0.4 is 10.6 Å². The van der Waals surface area contributed by atoms with Gasteiger partial charge in [-0.3, -0.25) is 24.1 Å². The molecule has 4 amide bonds. The number of amides is 4. The molecule has 2 heterocycles. The van der Waals surface area contributed by atoms with Gasteiger partial charge in [0.05, 0.1) is 13.0 Å². The SMILES string of the molecule is CC1CCCC(C)N1C[13C](=O)[15NH][13CH2][13CH2][13C](=O)NCCC(=O)ON1C(=O)CCC1=O. The monoisotopic (exact) mass is 415 g/mol. The van der Waals surface area contributed by atoms with E-state index >= 15 is 0 Å². The van der Waals surface area contributed by atoms with Crippen LogP contribution in [-0.4, -0.2) is 71.3 Å². The molecule has 0 aromatic heterocycles. The third-order valence-corrected chi connectivity index (χ3v) is 5.23. The fourth-order valence-corrected chi connectivity index (χ4v) is 3.52. The van der Waals surface area contributed by atoms with Crippen LogP contribution in [-0.2, 0) is 28.8 Å². The first-order valence-corrected chi connectivity index (χ1v) is 10.1. The summed E-state index contributed by atoms with van der Waals surface area (Å²) in [5, 5.41) is 5.76. The lowest BCUT2D eigenvalue weighted by molar-refractivity contribution is -0.197. The number of piperidine rings is 1. The van der Waals surface area contributed by atoms with E-state index in [4.69, 9.17) is 4.84 Å². The largest absolute Gasteiger partial charge is 0.355 e. The van der Waals surface area contributed by atoms with E-state index in [1.807, 2.05) is 0 Å². The molecule has 2 N–H and O–H groups in total. The van der Waals surface area contributed by atoms with Crippen molar-refractivity contribution in [2.45, 2.75) is 70.9 Å². The highest BCUT2D eigenvalue weighted by Gasteiger charge is 2.32. The van der Waals surface area contributed by atoms with Gasteiger partial charge in [0.2, 0.25) is 11.8 Å². The van der Waals surface area contributed by atoms with Crippen LogP contribution in [0.25, 0.3) is 0 Å². The lowest BCUT2D eigenvalue weighted by atomic mass is 9.98. The number of nitrogens with one attached hydrogen (secondary N) is 2. The lowest BCUT2D eigenvalue weighted by Crippen LogP contribution is -2.49. The molecule has 2 saturated heterocycles. The van der Waals surface area contributed by atoms with Crippen LogP contribution in [0.1, 0.15) is 58.8 Å². The molecular formula is C19H30N4O6. The van der Waals surface area contributed by atoms with Gasteiger partial charge in [-0.15, -0.1) is 5.06 Å². The summed E-state index contributed by atoms with van der Waals surface area (Å²) in [7, 11) is 0. The molecule has 10 heteroatoms. The second-order valence-electron chi connectivity index (χ2n) is 7.55. The van der Waals surface area contributed by atoms with Crippen molar-refractivity contribution >= 4 is 29.6 Å². The van der Waals surface area contributed by atoms with Crippen LogP contribution >= 0.6 is 0 Å². The van der Waals surface area contributed by atoms with Gasteiger partial charge in [0.25, 0.3) is 11.8 Å². The van der Waals surface area contributed by atoms with Gasteiger partial charge in [0.1, 0.15) is 0 Å². The zero-order valence-corrected chi connectivity index (χ0v) is 17.1. The number of carbonyl (C=O) groups is 5. The number of likely N-dealkylation sites (tertiary alicyclic amines) is 1. The van der Waals surface area contributed by atoms with E-state index in [0.29, 0.717) is 23.7 Å². The summed E-state index contributed by atoms with van der Waals surface area (Å²) < 4.78 is 0. The van der Waals surface area contributed by atoms with Gasteiger partial charge < -0.3 is 15.5 Å². The Morgan fingerprint density at radius 3 is 2.10 bits per heavy atom. The first kappa shape index (κ1) is 22.8. The molecule has 0 radical (unpaired) electrons. The van der Waals surface area contributed by atoms with Gasteiger partial charge in [0.15, 0.2) is 0 Å². The molecule has 10 nitrogen and oxygen atoms in total. The average Bonchev–Trinajstić information content (AvgIpc) is 2.97. The van der Waals surface area contributed by atoms with E-state index in [2.05, 4.69) is 29.4 Å². The van der Waals surface area contributed by atoms with Crippen LogP contribution in [0, 0.1) is 0 Å². The summed E-state index contributed by atoms with van der Waals surface area (Å²) in [5.41, 5.74) is 0. The standard InChI is InChI=1S/C19H30N4O6/c1-13-4-3-5-14(2)22(13)12-16(25)21-10-8-15(24)20-11-9-19(28)29-23-17(26)6-7-18(23)27/h13-14H,3-12H2,1-2H3,(H,20,24)(H,21,25)/i8+1,10+1,15+1,16+1,21+1.